The van der Waals surface area contributed by atoms with Crippen LogP contribution >= 0.6 is 23.5 Å². The molecule has 12 heterocycles. The predicted octanol–water partition coefficient (Wildman–Crippen LogP) is 8.75. The van der Waals surface area contributed by atoms with E-state index in [9.17, 15) is 43.7 Å². The van der Waals surface area contributed by atoms with E-state index in [0.717, 1.165) is 126 Å². The number of nitriles is 3. The van der Waals surface area contributed by atoms with Crippen molar-refractivity contribution in [2.75, 3.05) is 190 Å². The first-order valence-corrected chi connectivity index (χ1v) is 40.9. The molecule has 6 aliphatic heterocycles. The molecule has 0 spiro atoms. The molecule has 3 fully saturated rings. The SMILES string of the molecule is COC(OC)c1nc2c(cc1CN1CCN(C)CC1=O)CCCN2C(=O)Nc1cc(C[C@H](C)CSC)c(C#N)cn1.COC(OC)c1nc2c(cc1CN1CCN(C)CC1=O)CCCN2C(=O)Nc1cc(F)c(C#N)cn1.COc1nc2c(cc1CN1CCN(C)CC1=O)CCCN2C(=O)Nc1cc(C[C@H](C)CSC)c(C#N)cn1.[2H-]. The number of piperazine rings is 3. The molecule has 0 saturated carbocycles. The summed E-state index contributed by atoms with van der Waals surface area (Å²) in [5.74, 6) is 4.87. The topological polar surface area (TPSA) is 363 Å². The molecule has 0 unspecified atom stereocenters. The van der Waals surface area contributed by atoms with Gasteiger partial charge in [-0.3, -0.25) is 59.7 Å². The number of methoxy groups -OCH3 is 5. The van der Waals surface area contributed by atoms with Crippen LogP contribution in [-0.4, -0.2) is 254 Å². The smallest absolute Gasteiger partial charge is 0.328 e. The number of ether oxygens (including phenoxy) is 5. The molecule has 0 bridgehead atoms. The van der Waals surface area contributed by atoms with Crippen molar-refractivity contribution >= 4 is 94.2 Å². The fraction of sp³-hybridized carbons (Fsp3) is 0.512. The van der Waals surface area contributed by atoms with Crippen molar-refractivity contribution in [3.63, 3.8) is 0 Å². The van der Waals surface area contributed by atoms with E-state index < -0.39 is 24.4 Å². The summed E-state index contributed by atoms with van der Waals surface area (Å²) in [7, 11) is 13.4. The Hall–Kier alpha value is -10.3. The molecule has 115 heavy (non-hydrogen) atoms. The third kappa shape index (κ3) is 22.2. The van der Waals surface area contributed by atoms with Gasteiger partial charge in [0.05, 0.1) is 50.6 Å². The lowest BCUT2D eigenvalue weighted by atomic mass is 10.00. The molecule has 9 amide bonds. The maximum Gasteiger partial charge on any atom is 0.328 e. The summed E-state index contributed by atoms with van der Waals surface area (Å²) in [5.41, 5.74) is 8.79. The summed E-state index contributed by atoms with van der Waals surface area (Å²) in [5, 5.41) is 36.4. The Morgan fingerprint density at radius 1 is 0.487 bits per heavy atom. The third-order valence-corrected chi connectivity index (χ3v) is 22.3. The number of fused-ring (bicyclic) bond motifs is 3. The van der Waals surface area contributed by atoms with Crippen molar-refractivity contribution in [1.82, 2.24) is 59.3 Å². The van der Waals surface area contributed by atoms with Gasteiger partial charge in [0.25, 0.3) is 0 Å². The van der Waals surface area contributed by atoms with Gasteiger partial charge in [-0.2, -0.15) is 44.3 Å². The third-order valence-electron chi connectivity index (χ3n) is 20.5. The van der Waals surface area contributed by atoms with E-state index in [1.165, 1.54) is 31.5 Å². The van der Waals surface area contributed by atoms with Gasteiger partial charge in [0, 0.05) is 124 Å². The molecule has 6 aromatic heterocycles. The molecule has 3 N–H and O–H groups in total. The van der Waals surface area contributed by atoms with Gasteiger partial charge in [-0.1, -0.05) is 13.8 Å². The van der Waals surface area contributed by atoms with E-state index >= 15 is 0 Å². The number of aryl methyl sites for hydroxylation is 3. The summed E-state index contributed by atoms with van der Waals surface area (Å²) in [6, 6.07) is 15.5. The Morgan fingerprint density at radius 2 is 0.826 bits per heavy atom. The Bertz CT molecular complexity index is 4640. The maximum atomic E-state index is 14.0. The largest absolute Gasteiger partial charge is 1.00 e. The number of anilines is 6. The number of carbonyl (C=O) groups excluding carboxylic acids is 6. The highest BCUT2D eigenvalue weighted by molar-refractivity contribution is 7.98. The quantitative estimate of drug-likeness (QED) is 0.0476. The van der Waals surface area contributed by atoms with Crippen LogP contribution in [0.4, 0.5) is 53.7 Å². The Kier molecular flexibility index (Phi) is 31.3. The van der Waals surface area contributed by atoms with Gasteiger partial charge in [-0.15, -0.1) is 0 Å². The average Bonchev–Trinajstić information content (AvgIpc) is 0.779. The van der Waals surface area contributed by atoms with Crippen molar-refractivity contribution < 1.29 is 58.3 Å². The Morgan fingerprint density at radius 3 is 1.16 bits per heavy atom. The zero-order chi connectivity index (χ0) is 82.6. The van der Waals surface area contributed by atoms with E-state index in [4.69, 9.17) is 43.9 Å². The highest BCUT2D eigenvalue weighted by Gasteiger charge is 2.35. The summed E-state index contributed by atoms with van der Waals surface area (Å²) >= 11 is 3.54. The predicted molar refractivity (Wildman–Crippen MR) is 436 cm³/mol. The van der Waals surface area contributed by atoms with E-state index in [2.05, 4.69) is 69.4 Å². The van der Waals surface area contributed by atoms with Crippen molar-refractivity contribution in [2.24, 2.45) is 11.8 Å². The highest BCUT2D eigenvalue weighted by Crippen LogP contribution is 2.37. The van der Waals surface area contributed by atoms with E-state index in [0.29, 0.717) is 161 Å². The number of aromatic nitrogens is 6. The first-order chi connectivity index (χ1) is 55.4. The van der Waals surface area contributed by atoms with Crippen LogP contribution in [0.3, 0.4) is 0 Å². The number of urea groups is 3. The lowest BCUT2D eigenvalue weighted by Gasteiger charge is -2.34. The molecule has 32 nitrogen and oxygen atoms in total. The first kappa shape index (κ1) is 87.1. The van der Waals surface area contributed by atoms with Gasteiger partial charge in [0.15, 0.2) is 0 Å². The van der Waals surface area contributed by atoms with Crippen LogP contribution in [0, 0.1) is 51.6 Å². The van der Waals surface area contributed by atoms with Crippen LogP contribution in [0.5, 0.6) is 5.88 Å². The molecule has 0 radical (unpaired) electrons. The van der Waals surface area contributed by atoms with Crippen LogP contribution in [0.15, 0.2) is 55.0 Å². The zero-order valence-corrected chi connectivity index (χ0v) is 69.1. The van der Waals surface area contributed by atoms with Crippen LogP contribution in [0.1, 0.15) is 120 Å². The molecule has 0 aromatic carbocycles. The molecule has 0 aliphatic carbocycles. The second-order valence-corrected chi connectivity index (χ2v) is 31.2. The number of thioether (sulfide) groups is 2. The Labute approximate surface area is 680 Å². The van der Waals surface area contributed by atoms with Gasteiger partial charge in [-0.05, 0) is 178 Å². The minimum Gasteiger partial charge on any atom is -1.00 e. The molecule has 35 heteroatoms. The second kappa shape index (κ2) is 41.3. The van der Waals surface area contributed by atoms with Crippen LogP contribution in [0.25, 0.3) is 0 Å². The van der Waals surface area contributed by atoms with Gasteiger partial charge in [-0.25, -0.2) is 43.7 Å². The minimum absolute atomic E-state index is 0. The summed E-state index contributed by atoms with van der Waals surface area (Å²) in [6.45, 7) is 12.3. The number of rotatable bonds is 24. The zero-order valence-electron chi connectivity index (χ0n) is 68.4. The van der Waals surface area contributed by atoms with Gasteiger partial charge in [0.1, 0.15) is 75.9 Å². The van der Waals surface area contributed by atoms with Crippen molar-refractivity contribution in [3.8, 4) is 24.1 Å². The van der Waals surface area contributed by atoms with Gasteiger partial charge < -0.3 is 39.8 Å². The average molecular weight is 1620 g/mol. The Balaban J connectivity index is 0.000000198. The number of pyridine rings is 6. The van der Waals surface area contributed by atoms with Gasteiger partial charge >= 0.3 is 18.1 Å². The highest BCUT2D eigenvalue weighted by atomic mass is 32.2. The minimum atomic E-state index is -0.797. The molecule has 614 valence electrons. The maximum absolute atomic E-state index is 14.0. The standard InChI is InChI=1S/C29H39N7O4S.C27H35N7O3S.C24H28FN7O4.H/c1-19(18-41-5)11-21-13-24(31-15-23(21)14-30)32-29(38)36-8-6-7-20-12-22(16-35-10-9-34(2)17-25(35)37)26(33-27(20)36)28(39-3)40-4;1-18(17-38-4)10-20-12-23(29-14-22(20)13-28)30-27(36)34-7-5-6-19-11-21(26(37-3)31-25(19)34)15-33-9-8-32(2)16-24(33)35;1-30-7-8-31(20(33)14-30)13-16-9-15-5-4-6-32(22(15)29-21(16)23(35-2)36-3)24(34)28-19-10-18(25)17(11-26)12-27-19;/h12-13,15,19,28H,6-11,16-18H2,1-5H3,(H,31,32,38);11-12,14,18H,5-10,15-17H2,1-4H3,(H,29,30,36);9-10,12,23H,4-8,13-14H2,1-3H3,(H,27,28,34);/q;;;-1/t19-;18-;;/m00../s1/i;;;1+1. The van der Waals surface area contributed by atoms with Crippen LogP contribution in [-0.2, 0) is 85.1 Å². The lowest BCUT2D eigenvalue weighted by molar-refractivity contribution is -0.137. The molecule has 12 rings (SSSR count). The lowest BCUT2D eigenvalue weighted by Crippen LogP contribution is -2.48. The fourth-order valence-corrected chi connectivity index (χ4v) is 16.0. The molecule has 2 atom stereocenters. The monoisotopic (exact) mass is 1620 g/mol. The summed E-state index contributed by atoms with van der Waals surface area (Å²) in [4.78, 5) is 121. The fourth-order valence-electron chi connectivity index (χ4n) is 14.6. The van der Waals surface area contributed by atoms with Crippen LogP contribution < -0.4 is 35.4 Å². The van der Waals surface area contributed by atoms with Crippen molar-refractivity contribution in [2.45, 2.75) is 97.4 Å². The van der Waals surface area contributed by atoms with Crippen molar-refractivity contribution in [1.29, 1.82) is 15.8 Å². The number of hydrogen-bond donors (Lipinski definition) is 3. The van der Waals surface area contributed by atoms with E-state index in [1.807, 2.05) is 63.8 Å². The van der Waals surface area contributed by atoms with E-state index in [1.54, 1.807) is 77.8 Å². The molecule has 6 aromatic rings. The second-order valence-electron chi connectivity index (χ2n) is 29.4. The number of hydrogen-bond acceptors (Lipinski definition) is 25. The van der Waals surface area contributed by atoms with Gasteiger partial charge in [0.2, 0.25) is 36.2 Å². The summed E-state index contributed by atoms with van der Waals surface area (Å²) in [6.07, 6.45) is 12.6. The number of halogens is 1. The summed E-state index contributed by atoms with van der Waals surface area (Å²) < 4.78 is 41.7. The molecular formula is C80H103FN21O11S2-. The first-order valence-electron chi connectivity index (χ1n) is 38.1. The van der Waals surface area contributed by atoms with Crippen LogP contribution in [0.2, 0.25) is 0 Å². The molecule has 3 saturated heterocycles. The number of amides is 9. The molecule has 6 aliphatic rings. The van der Waals surface area contributed by atoms with E-state index in [-0.39, 0.29) is 42.6 Å². The number of likely N-dealkylation sites (N-methyl/N-ethyl adjacent to an activating group) is 3. The number of nitrogens with zero attached hydrogens (tertiary/aromatic N) is 18. The van der Waals surface area contributed by atoms with Crippen molar-refractivity contribution in [3.05, 3.63) is 133 Å². The molecular weight excluding hydrogens is 1510 g/mol. The normalized spacial score (nSPS) is 16.4. The number of carbonyl (C=O) groups is 6. The number of nitrogens with one attached hydrogen (secondary N) is 3.